The molecule has 1 fully saturated rings. The summed E-state index contributed by atoms with van der Waals surface area (Å²) in [6, 6.07) is 0.512. The Hall–Kier alpha value is -0.160. The monoisotopic (exact) mass is 203 g/mol. The summed E-state index contributed by atoms with van der Waals surface area (Å²) in [6.07, 6.45) is 2.16. The topological polar surface area (TPSA) is 50.7 Å². The molecule has 0 saturated heterocycles. The molecule has 1 aliphatic rings. The molecule has 1 unspecified atom stereocenters. The van der Waals surface area contributed by atoms with Crippen molar-refractivity contribution in [2.24, 2.45) is 0 Å². The van der Waals surface area contributed by atoms with Gasteiger partial charge >= 0.3 is 0 Å². The molecule has 0 amide bonds. The quantitative estimate of drug-likeness (QED) is 0.618. The van der Waals surface area contributed by atoms with Gasteiger partial charge in [0.25, 0.3) is 0 Å². The fourth-order valence-electron chi connectivity index (χ4n) is 1.66. The van der Waals surface area contributed by atoms with Crippen LogP contribution in [0, 0.1) is 0 Å². The second-order valence-corrected chi connectivity index (χ2v) is 3.76. The highest BCUT2D eigenvalue weighted by Crippen LogP contribution is 2.22. The first-order valence-corrected chi connectivity index (χ1v) is 5.28. The molecule has 0 spiro atoms. The van der Waals surface area contributed by atoms with Gasteiger partial charge in [-0.15, -0.1) is 0 Å². The predicted molar refractivity (Wildman–Crippen MR) is 54.3 cm³/mol. The van der Waals surface area contributed by atoms with Gasteiger partial charge in [0.1, 0.15) is 0 Å². The van der Waals surface area contributed by atoms with Gasteiger partial charge in [-0.25, -0.2) is 0 Å². The number of aliphatic hydroxyl groups excluding tert-OH is 1. The number of methoxy groups -OCH3 is 1. The summed E-state index contributed by atoms with van der Waals surface area (Å²) in [7, 11) is 1.59. The van der Waals surface area contributed by atoms with Crippen molar-refractivity contribution in [3.63, 3.8) is 0 Å². The summed E-state index contributed by atoms with van der Waals surface area (Å²) in [5.74, 6) is 0. The minimum Gasteiger partial charge on any atom is -0.389 e. The molecule has 0 aromatic rings. The van der Waals surface area contributed by atoms with Gasteiger partial charge in [-0.2, -0.15) is 0 Å². The SMILES string of the molecule is CCOC1CC(NCC(O)COC)C1. The molecule has 0 heterocycles. The van der Waals surface area contributed by atoms with Gasteiger partial charge in [-0.05, 0) is 19.8 Å². The maximum absolute atomic E-state index is 9.37. The molecule has 84 valence electrons. The molecule has 14 heavy (non-hydrogen) atoms. The van der Waals surface area contributed by atoms with Crippen LogP contribution in [0.25, 0.3) is 0 Å². The fourth-order valence-corrected chi connectivity index (χ4v) is 1.66. The maximum atomic E-state index is 9.37. The van der Waals surface area contributed by atoms with E-state index in [0.29, 0.717) is 25.3 Å². The van der Waals surface area contributed by atoms with Crippen LogP contribution in [0.2, 0.25) is 0 Å². The van der Waals surface area contributed by atoms with E-state index in [4.69, 9.17) is 9.47 Å². The lowest BCUT2D eigenvalue weighted by molar-refractivity contribution is -0.0147. The zero-order valence-corrected chi connectivity index (χ0v) is 9.03. The van der Waals surface area contributed by atoms with Crippen molar-refractivity contribution >= 4 is 0 Å². The molecule has 1 rings (SSSR count). The first-order valence-electron chi connectivity index (χ1n) is 5.28. The number of rotatable bonds is 7. The Labute approximate surface area is 85.6 Å². The summed E-state index contributed by atoms with van der Waals surface area (Å²) in [4.78, 5) is 0. The second-order valence-electron chi connectivity index (χ2n) is 3.76. The standard InChI is InChI=1S/C10H21NO3/c1-3-14-10-4-8(5-10)11-6-9(12)7-13-2/h8-12H,3-7H2,1-2H3. The zero-order chi connectivity index (χ0) is 10.4. The van der Waals surface area contributed by atoms with E-state index in [1.807, 2.05) is 6.92 Å². The minimum absolute atomic E-state index is 0.397. The number of hydrogen-bond donors (Lipinski definition) is 2. The van der Waals surface area contributed by atoms with Crippen LogP contribution in [0.1, 0.15) is 19.8 Å². The van der Waals surface area contributed by atoms with E-state index in [2.05, 4.69) is 5.32 Å². The lowest BCUT2D eigenvalue weighted by Gasteiger charge is -2.36. The average molecular weight is 203 g/mol. The number of aliphatic hydroxyl groups is 1. The van der Waals surface area contributed by atoms with Crippen molar-refractivity contribution in [2.45, 2.75) is 38.0 Å². The van der Waals surface area contributed by atoms with Crippen LogP contribution in [0.15, 0.2) is 0 Å². The Bertz CT molecular complexity index is 148. The van der Waals surface area contributed by atoms with Gasteiger partial charge in [-0.3, -0.25) is 0 Å². The lowest BCUT2D eigenvalue weighted by atomic mass is 9.89. The van der Waals surface area contributed by atoms with E-state index in [9.17, 15) is 5.11 Å². The van der Waals surface area contributed by atoms with Crippen molar-refractivity contribution in [1.29, 1.82) is 0 Å². The summed E-state index contributed by atoms with van der Waals surface area (Å²) >= 11 is 0. The number of hydrogen-bond acceptors (Lipinski definition) is 4. The number of ether oxygens (including phenoxy) is 2. The van der Waals surface area contributed by atoms with Crippen LogP contribution in [-0.4, -0.2) is 50.2 Å². The Balaban J connectivity index is 1.95. The minimum atomic E-state index is -0.397. The largest absolute Gasteiger partial charge is 0.389 e. The van der Waals surface area contributed by atoms with Crippen molar-refractivity contribution < 1.29 is 14.6 Å². The Morgan fingerprint density at radius 3 is 2.79 bits per heavy atom. The highest BCUT2D eigenvalue weighted by Gasteiger charge is 2.29. The van der Waals surface area contributed by atoms with Gasteiger partial charge in [0, 0.05) is 26.3 Å². The molecule has 4 nitrogen and oxygen atoms in total. The summed E-state index contributed by atoms with van der Waals surface area (Å²) < 4.78 is 10.3. The molecule has 1 atom stereocenters. The van der Waals surface area contributed by atoms with Crippen LogP contribution < -0.4 is 5.32 Å². The molecule has 0 radical (unpaired) electrons. The van der Waals surface area contributed by atoms with Crippen LogP contribution >= 0.6 is 0 Å². The molecule has 2 N–H and O–H groups in total. The summed E-state index contributed by atoms with van der Waals surface area (Å²) in [5, 5.41) is 12.7. The molecule has 0 aromatic heterocycles. The Kier molecular flexibility index (Phi) is 5.40. The van der Waals surface area contributed by atoms with E-state index in [0.717, 1.165) is 19.4 Å². The zero-order valence-electron chi connectivity index (χ0n) is 9.03. The Morgan fingerprint density at radius 2 is 2.21 bits per heavy atom. The first-order chi connectivity index (χ1) is 6.76. The van der Waals surface area contributed by atoms with Gasteiger partial charge in [0.15, 0.2) is 0 Å². The van der Waals surface area contributed by atoms with Gasteiger partial charge < -0.3 is 19.9 Å². The molecule has 0 bridgehead atoms. The lowest BCUT2D eigenvalue weighted by Crippen LogP contribution is -2.48. The summed E-state index contributed by atoms with van der Waals surface area (Å²) in [5.41, 5.74) is 0. The molecule has 0 aliphatic heterocycles. The van der Waals surface area contributed by atoms with Crippen LogP contribution in [0.3, 0.4) is 0 Å². The third-order valence-electron chi connectivity index (χ3n) is 2.50. The van der Waals surface area contributed by atoms with Gasteiger partial charge in [0.2, 0.25) is 0 Å². The van der Waals surface area contributed by atoms with Crippen LogP contribution in [0.4, 0.5) is 0 Å². The average Bonchev–Trinajstić information content (AvgIpc) is 2.09. The predicted octanol–water partition coefficient (Wildman–Crippen LogP) is 0.151. The first kappa shape index (κ1) is 11.9. The third-order valence-corrected chi connectivity index (χ3v) is 2.50. The van der Waals surface area contributed by atoms with Crippen LogP contribution in [-0.2, 0) is 9.47 Å². The maximum Gasteiger partial charge on any atom is 0.0897 e. The molecule has 1 aliphatic carbocycles. The molecular formula is C10H21NO3. The third kappa shape index (κ3) is 3.92. The van der Waals surface area contributed by atoms with Crippen molar-refractivity contribution in [3.05, 3.63) is 0 Å². The van der Waals surface area contributed by atoms with Crippen molar-refractivity contribution in [2.75, 3.05) is 26.9 Å². The molecule has 1 saturated carbocycles. The number of nitrogens with one attached hydrogen (secondary N) is 1. The summed E-state index contributed by atoms with van der Waals surface area (Å²) in [6.45, 7) is 3.82. The molecular weight excluding hydrogens is 182 g/mol. The van der Waals surface area contributed by atoms with E-state index >= 15 is 0 Å². The Morgan fingerprint density at radius 1 is 1.50 bits per heavy atom. The van der Waals surface area contributed by atoms with Gasteiger partial charge in [-0.1, -0.05) is 0 Å². The highest BCUT2D eigenvalue weighted by molar-refractivity contribution is 4.86. The highest BCUT2D eigenvalue weighted by atomic mass is 16.5. The van der Waals surface area contributed by atoms with Gasteiger partial charge in [0.05, 0.1) is 18.8 Å². The van der Waals surface area contributed by atoms with Crippen LogP contribution in [0.5, 0.6) is 0 Å². The van der Waals surface area contributed by atoms with E-state index in [1.165, 1.54) is 0 Å². The normalized spacial score (nSPS) is 28.5. The van der Waals surface area contributed by atoms with Crippen molar-refractivity contribution in [3.8, 4) is 0 Å². The molecule has 4 heteroatoms. The van der Waals surface area contributed by atoms with E-state index in [-0.39, 0.29) is 0 Å². The smallest absolute Gasteiger partial charge is 0.0897 e. The fraction of sp³-hybridized carbons (Fsp3) is 1.00. The van der Waals surface area contributed by atoms with E-state index < -0.39 is 6.10 Å². The second kappa shape index (κ2) is 6.35. The van der Waals surface area contributed by atoms with Crippen molar-refractivity contribution in [1.82, 2.24) is 5.32 Å². The molecule has 0 aromatic carbocycles. The van der Waals surface area contributed by atoms with E-state index in [1.54, 1.807) is 7.11 Å².